The molecule has 2 atom stereocenters. The van der Waals surface area contributed by atoms with Crippen molar-refractivity contribution in [1.29, 1.82) is 0 Å². The summed E-state index contributed by atoms with van der Waals surface area (Å²) in [5, 5.41) is 4.72. The summed E-state index contributed by atoms with van der Waals surface area (Å²) in [5.74, 6) is -0.284. The average molecular weight is 477 g/mol. The fraction of sp³-hybridized carbons (Fsp3) is 0.154. The topological polar surface area (TPSA) is 33.1 Å². The number of nitrogens with one attached hydrogen (secondary N) is 1. The molecule has 4 nitrogen and oxygen atoms in total. The van der Waals surface area contributed by atoms with Crippen LogP contribution in [0.5, 0.6) is 0 Å². The number of aryl methyl sites for hydroxylation is 1. The average Bonchev–Trinajstić information content (AvgIpc) is 3.30. The number of rotatable bonds is 4. The highest BCUT2D eigenvalue weighted by Crippen LogP contribution is 2.43. The molecule has 0 bridgehead atoms. The van der Waals surface area contributed by atoms with Gasteiger partial charge < -0.3 is 14.8 Å². The van der Waals surface area contributed by atoms with Crippen LogP contribution in [0, 0.1) is 19.7 Å². The lowest BCUT2D eigenvalue weighted by molar-refractivity contribution is 0.565. The molecule has 0 amide bonds. The number of hydrogen-bond donors (Lipinski definition) is 1. The molecule has 1 aliphatic heterocycles. The molecule has 166 valence electrons. The van der Waals surface area contributed by atoms with Crippen LogP contribution in [0.3, 0.4) is 0 Å². The summed E-state index contributed by atoms with van der Waals surface area (Å²) in [6, 6.07) is 22.0. The fourth-order valence-corrected chi connectivity index (χ4v) is 5.18. The molecule has 1 saturated heterocycles. The Morgan fingerprint density at radius 3 is 2.45 bits per heavy atom. The van der Waals surface area contributed by atoms with Crippen molar-refractivity contribution < 1.29 is 4.39 Å². The van der Waals surface area contributed by atoms with Crippen LogP contribution in [-0.2, 0) is 0 Å². The van der Waals surface area contributed by atoms with E-state index in [9.17, 15) is 4.39 Å². The number of anilines is 1. The third kappa shape index (κ3) is 3.90. The standard InChI is InChI=1S/C26H22ClFN4S/c1-16-14-22(17(2)31(16)21-7-5-6-18(27)15-21)25-24(23-8-3-4-13-29-23)30-26(33)32(25)20-11-9-19(28)10-12-20/h3-15,24-25H,1-2H3,(H,30,33). The third-order valence-electron chi connectivity index (χ3n) is 6.06. The molecule has 4 aromatic rings. The van der Waals surface area contributed by atoms with E-state index in [2.05, 4.69) is 39.7 Å². The van der Waals surface area contributed by atoms with Gasteiger partial charge in [0.25, 0.3) is 0 Å². The van der Waals surface area contributed by atoms with Crippen LogP contribution in [0.25, 0.3) is 5.69 Å². The second kappa shape index (κ2) is 8.61. The molecule has 2 aromatic carbocycles. The van der Waals surface area contributed by atoms with Gasteiger partial charge in [-0.05, 0) is 92.3 Å². The van der Waals surface area contributed by atoms with E-state index in [4.69, 9.17) is 23.8 Å². The van der Waals surface area contributed by atoms with E-state index in [1.54, 1.807) is 18.3 Å². The normalized spacial score (nSPS) is 17.9. The summed E-state index contributed by atoms with van der Waals surface area (Å²) in [6.45, 7) is 4.18. The minimum Gasteiger partial charge on any atom is -0.351 e. The molecule has 0 radical (unpaired) electrons. The molecule has 2 aromatic heterocycles. The molecule has 7 heteroatoms. The predicted octanol–water partition coefficient (Wildman–Crippen LogP) is 6.46. The van der Waals surface area contributed by atoms with Crippen LogP contribution in [-0.4, -0.2) is 14.7 Å². The first-order chi connectivity index (χ1) is 15.9. The molecule has 33 heavy (non-hydrogen) atoms. The number of benzene rings is 2. The molecule has 3 heterocycles. The molecular formula is C26H22ClFN4S. The zero-order valence-corrected chi connectivity index (χ0v) is 19.7. The van der Waals surface area contributed by atoms with E-state index < -0.39 is 0 Å². The second-order valence-electron chi connectivity index (χ2n) is 8.11. The smallest absolute Gasteiger partial charge is 0.174 e. The first-order valence-electron chi connectivity index (χ1n) is 10.6. The first-order valence-corrected chi connectivity index (χ1v) is 11.4. The molecule has 2 unspecified atom stereocenters. The largest absolute Gasteiger partial charge is 0.351 e. The van der Waals surface area contributed by atoms with Crippen LogP contribution in [0.15, 0.2) is 79.0 Å². The minimum absolute atomic E-state index is 0.169. The maximum atomic E-state index is 13.7. The third-order valence-corrected chi connectivity index (χ3v) is 6.61. The Labute approximate surface area is 202 Å². The summed E-state index contributed by atoms with van der Waals surface area (Å²) in [7, 11) is 0. The maximum Gasteiger partial charge on any atom is 0.174 e. The highest BCUT2D eigenvalue weighted by atomic mass is 35.5. The van der Waals surface area contributed by atoms with Crippen LogP contribution in [0.1, 0.15) is 34.7 Å². The van der Waals surface area contributed by atoms with Crippen molar-refractivity contribution in [2.75, 3.05) is 4.90 Å². The van der Waals surface area contributed by atoms with E-state index in [-0.39, 0.29) is 17.9 Å². The van der Waals surface area contributed by atoms with Crippen molar-refractivity contribution in [3.63, 3.8) is 0 Å². The molecule has 0 aliphatic carbocycles. The number of pyridine rings is 1. The molecule has 1 fully saturated rings. The summed E-state index contributed by atoms with van der Waals surface area (Å²) in [6.07, 6.45) is 1.78. The number of halogens is 2. The van der Waals surface area contributed by atoms with E-state index in [0.717, 1.165) is 34.0 Å². The maximum absolute atomic E-state index is 13.7. The Balaban J connectivity index is 1.68. The van der Waals surface area contributed by atoms with Gasteiger partial charge in [-0.3, -0.25) is 4.98 Å². The van der Waals surface area contributed by atoms with Crippen molar-refractivity contribution in [3.8, 4) is 5.69 Å². The van der Waals surface area contributed by atoms with Gasteiger partial charge in [-0.25, -0.2) is 4.39 Å². The van der Waals surface area contributed by atoms with E-state index in [0.29, 0.717) is 10.1 Å². The first kappa shape index (κ1) is 21.6. The Hall–Kier alpha value is -3.22. The quantitative estimate of drug-likeness (QED) is 0.343. The number of hydrogen-bond acceptors (Lipinski definition) is 2. The summed E-state index contributed by atoms with van der Waals surface area (Å²) in [4.78, 5) is 6.66. The molecule has 0 spiro atoms. The van der Waals surface area contributed by atoms with Crippen molar-refractivity contribution in [3.05, 3.63) is 112 Å². The van der Waals surface area contributed by atoms with Crippen molar-refractivity contribution in [2.45, 2.75) is 25.9 Å². The van der Waals surface area contributed by atoms with Crippen LogP contribution in [0.4, 0.5) is 10.1 Å². The van der Waals surface area contributed by atoms with E-state index >= 15 is 0 Å². The number of aromatic nitrogens is 2. The monoisotopic (exact) mass is 476 g/mol. The van der Waals surface area contributed by atoms with Crippen LogP contribution in [0.2, 0.25) is 5.02 Å². The fourth-order valence-electron chi connectivity index (χ4n) is 4.65. The van der Waals surface area contributed by atoms with Gasteiger partial charge in [-0.2, -0.15) is 0 Å². The Kier molecular flexibility index (Phi) is 5.64. The lowest BCUT2D eigenvalue weighted by atomic mass is 9.96. The van der Waals surface area contributed by atoms with Crippen LogP contribution < -0.4 is 10.2 Å². The van der Waals surface area contributed by atoms with Gasteiger partial charge in [0.05, 0.1) is 17.8 Å². The molecule has 0 saturated carbocycles. The van der Waals surface area contributed by atoms with Gasteiger partial charge in [-0.15, -0.1) is 0 Å². The van der Waals surface area contributed by atoms with Crippen molar-refractivity contribution >= 4 is 34.6 Å². The zero-order chi connectivity index (χ0) is 23.1. The zero-order valence-electron chi connectivity index (χ0n) is 18.2. The second-order valence-corrected chi connectivity index (χ2v) is 8.94. The van der Waals surface area contributed by atoms with E-state index in [1.165, 1.54) is 12.1 Å². The van der Waals surface area contributed by atoms with Crippen molar-refractivity contribution in [1.82, 2.24) is 14.9 Å². The van der Waals surface area contributed by atoms with E-state index in [1.807, 2.05) is 42.5 Å². The Morgan fingerprint density at radius 1 is 0.970 bits per heavy atom. The van der Waals surface area contributed by atoms with Gasteiger partial charge in [0, 0.05) is 34.0 Å². The van der Waals surface area contributed by atoms with Crippen LogP contribution >= 0.6 is 23.8 Å². The Bertz CT molecular complexity index is 1320. The molecule has 1 aliphatic rings. The number of nitrogens with zero attached hydrogens (tertiary/aromatic N) is 3. The van der Waals surface area contributed by atoms with Gasteiger partial charge in [-0.1, -0.05) is 23.7 Å². The lowest BCUT2D eigenvalue weighted by Gasteiger charge is -2.28. The molecule has 5 rings (SSSR count). The SMILES string of the molecule is Cc1cc(C2C(c3ccccn3)NC(=S)N2c2ccc(F)cc2)c(C)n1-c1cccc(Cl)c1. The summed E-state index contributed by atoms with van der Waals surface area (Å²) in [5.41, 5.74) is 5.99. The van der Waals surface area contributed by atoms with Gasteiger partial charge in [0.15, 0.2) is 5.11 Å². The van der Waals surface area contributed by atoms with Gasteiger partial charge in [0.2, 0.25) is 0 Å². The summed E-state index contributed by atoms with van der Waals surface area (Å²) < 4.78 is 15.9. The van der Waals surface area contributed by atoms with Crippen molar-refractivity contribution in [2.24, 2.45) is 0 Å². The highest BCUT2D eigenvalue weighted by Gasteiger charge is 2.42. The van der Waals surface area contributed by atoms with Gasteiger partial charge in [0.1, 0.15) is 5.82 Å². The minimum atomic E-state index is -0.284. The molecule has 1 N–H and O–H groups in total. The summed E-state index contributed by atoms with van der Waals surface area (Å²) >= 11 is 12.1. The predicted molar refractivity (Wildman–Crippen MR) is 135 cm³/mol. The Morgan fingerprint density at radius 2 is 1.76 bits per heavy atom. The lowest BCUT2D eigenvalue weighted by Crippen LogP contribution is -2.29. The number of thiocarbonyl (C=S) groups is 1. The highest BCUT2D eigenvalue weighted by molar-refractivity contribution is 7.80. The van der Waals surface area contributed by atoms with Gasteiger partial charge >= 0.3 is 0 Å². The molecular weight excluding hydrogens is 455 g/mol.